The molecule has 0 radical (unpaired) electrons. The molecule has 1 unspecified atom stereocenters. The molecule has 1 amide bonds. The molecule has 0 spiro atoms. The maximum Gasteiger partial charge on any atom is 0.271 e. The van der Waals surface area contributed by atoms with Gasteiger partial charge >= 0.3 is 0 Å². The Morgan fingerprint density at radius 2 is 2.39 bits per heavy atom. The van der Waals surface area contributed by atoms with Gasteiger partial charge in [0.25, 0.3) is 5.91 Å². The number of carbonyl (C=O) groups excluding carboxylic acids is 1. The Morgan fingerprint density at radius 1 is 1.61 bits per heavy atom. The minimum Gasteiger partial charge on any atom is -0.350 e. The van der Waals surface area contributed by atoms with Crippen molar-refractivity contribution < 1.29 is 9.00 Å². The summed E-state index contributed by atoms with van der Waals surface area (Å²) in [6.07, 6.45) is 3.12. The Balaban J connectivity index is 2.75. The van der Waals surface area contributed by atoms with Crippen molar-refractivity contribution in [3.8, 4) is 11.8 Å². The highest BCUT2D eigenvalue weighted by atomic mass is 32.2. The molecule has 0 saturated heterocycles. The van der Waals surface area contributed by atoms with Gasteiger partial charge in [0.2, 0.25) is 0 Å². The molecule has 0 bridgehead atoms. The summed E-state index contributed by atoms with van der Waals surface area (Å²) < 4.78 is 10.9. The molecule has 3 N–H and O–H groups in total. The van der Waals surface area contributed by atoms with Crippen LogP contribution in [0.4, 0.5) is 0 Å². The molecular weight excluding hydrogens is 250 g/mol. The van der Waals surface area contributed by atoms with Crippen molar-refractivity contribution in [1.29, 1.82) is 0 Å². The normalized spacial score (nSPS) is 11.2. The molecule has 0 aliphatic carbocycles. The highest BCUT2D eigenvalue weighted by molar-refractivity contribution is 7.84. The maximum atomic E-state index is 11.8. The molecule has 0 fully saturated rings. The zero-order valence-corrected chi connectivity index (χ0v) is 10.9. The van der Waals surface area contributed by atoms with E-state index in [9.17, 15) is 9.00 Å². The summed E-state index contributed by atoms with van der Waals surface area (Å²) in [5.74, 6) is 5.58. The quantitative estimate of drug-likeness (QED) is 0.719. The summed E-state index contributed by atoms with van der Waals surface area (Å²) in [6, 6.07) is 3.42. The molecule has 1 atom stereocenters. The van der Waals surface area contributed by atoms with Gasteiger partial charge in [-0.15, -0.1) is 0 Å². The molecule has 0 aromatic carbocycles. The zero-order chi connectivity index (χ0) is 13.4. The van der Waals surface area contributed by atoms with Crippen molar-refractivity contribution in [2.24, 2.45) is 5.73 Å². The predicted octanol–water partition coefficient (Wildman–Crippen LogP) is -0.500. The van der Waals surface area contributed by atoms with Crippen LogP contribution in [0.3, 0.4) is 0 Å². The van der Waals surface area contributed by atoms with E-state index in [0.29, 0.717) is 17.9 Å². The molecule has 96 valence electrons. The van der Waals surface area contributed by atoms with Gasteiger partial charge < -0.3 is 11.1 Å². The number of hydrogen-bond donors (Lipinski definition) is 2. The smallest absolute Gasteiger partial charge is 0.271 e. The van der Waals surface area contributed by atoms with Crippen LogP contribution >= 0.6 is 0 Å². The Labute approximate surface area is 109 Å². The summed E-state index contributed by atoms with van der Waals surface area (Å²) >= 11 is 0. The average molecular weight is 265 g/mol. The third kappa shape index (κ3) is 4.65. The molecule has 0 aliphatic rings. The number of carbonyl (C=O) groups is 1. The number of nitrogens with one attached hydrogen (secondary N) is 1. The van der Waals surface area contributed by atoms with Gasteiger partial charge in [0, 0.05) is 35.5 Å². The summed E-state index contributed by atoms with van der Waals surface area (Å²) in [5, 5.41) is 2.65. The van der Waals surface area contributed by atoms with Gasteiger partial charge in [0.15, 0.2) is 0 Å². The SMILES string of the molecule is CS(=O)CCNC(=O)c1ncccc1C#CCN. The molecule has 0 aliphatic heterocycles. The zero-order valence-electron chi connectivity index (χ0n) is 10.1. The van der Waals surface area contributed by atoms with E-state index in [1.165, 1.54) is 6.20 Å². The number of rotatable bonds is 4. The Kier molecular flexibility index (Phi) is 6.05. The van der Waals surface area contributed by atoms with Gasteiger partial charge in [-0.05, 0) is 12.1 Å². The molecule has 18 heavy (non-hydrogen) atoms. The molecule has 6 heteroatoms. The van der Waals surface area contributed by atoms with Crippen LogP contribution in [0, 0.1) is 11.8 Å². The fourth-order valence-corrected chi connectivity index (χ4v) is 1.61. The third-order valence-corrected chi connectivity index (χ3v) is 2.80. The molecule has 0 saturated carbocycles. The van der Waals surface area contributed by atoms with Gasteiger partial charge in [-0.1, -0.05) is 11.8 Å². The molecule has 1 rings (SSSR count). The van der Waals surface area contributed by atoms with Crippen molar-refractivity contribution in [2.75, 3.05) is 25.1 Å². The third-order valence-electron chi connectivity index (χ3n) is 2.02. The Hall–Kier alpha value is -1.71. The van der Waals surface area contributed by atoms with Crippen molar-refractivity contribution in [2.45, 2.75) is 0 Å². The van der Waals surface area contributed by atoms with E-state index in [1.54, 1.807) is 18.4 Å². The summed E-state index contributed by atoms with van der Waals surface area (Å²) in [4.78, 5) is 15.8. The minimum atomic E-state index is -0.928. The van der Waals surface area contributed by atoms with Gasteiger partial charge in [-0.3, -0.25) is 9.00 Å². The van der Waals surface area contributed by atoms with Crippen molar-refractivity contribution in [3.63, 3.8) is 0 Å². The van der Waals surface area contributed by atoms with E-state index in [0.717, 1.165) is 0 Å². The number of nitrogens with two attached hydrogens (primary N) is 1. The van der Waals surface area contributed by atoms with Crippen LogP contribution in [0.5, 0.6) is 0 Å². The van der Waals surface area contributed by atoms with Crippen LogP contribution in [-0.2, 0) is 10.8 Å². The highest BCUT2D eigenvalue weighted by Gasteiger charge is 2.10. The summed E-state index contributed by atoms with van der Waals surface area (Å²) in [5.41, 5.74) is 6.09. The van der Waals surface area contributed by atoms with E-state index >= 15 is 0 Å². The molecular formula is C12H15N3O2S. The predicted molar refractivity (Wildman–Crippen MR) is 71.4 cm³/mol. The van der Waals surface area contributed by atoms with Crippen LogP contribution in [0.2, 0.25) is 0 Å². The van der Waals surface area contributed by atoms with Gasteiger partial charge in [0.05, 0.1) is 12.1 Å². The molecule has 1 aromatic rings. The minimum absolute atomic E-state index is 0.227. The Morgan fingerprint density at radius 3 is 3.06 bits per heavy atom. The lowest BCUT2D eigenvalue weighted by atomic mass is 10.2. The van der Waals surface area contributed by atoms with Crippen molar-refractivity contribution in [1.82, 2.24) is 10.3 Å². The number of pyridine rings is 1. The fraction of sp³-hybridized carbons (Fsp3) is 0.333. The summed E-state index contributed by atoms with van der Waals surface area (Å²) in [7, 11) is -0.928. The molecule has 5 nitrogen and oxygen atoms in total. The second-order valence-electron chi connectivity index (χ2n) is 3.44. The first-order valence-electron chi connectivity index (χ1n) is 5.37. The van der Waals surface area contributed by atoms with Gasteiger partial charge in [0.1, 0.15) is 5.69 Å². The van der Waals surface area contributed by atoms with E-state index < -0.39 is 10.8 Å². The number of nitrogens with zero attached hydrogens (tertiary/aromatic N) is 1. The largest absolute Gasteiger partial charge is 0.350 e. The second kappa shape index (κ2) is 7.58. The van der Waals surface area contributed by atoms with E-state index in [1.807, 2.05) is 0 Å². The second-order valence-corrected chi connectivity index (χ2v) is 4.99. The van der Waals surface area contributed by atoms with Crippen LogP contribution < -0.4 is 11.1 Å². The number of hydrogen-bond acceptors (Lipinski definition) is 4. The van der Waals surface area contributed by atoms with Gasteiger partial charge in [-0.25, -0.2) is 4.98 Å². The van der Waals surface area contributed by atoms with Crippen molar-refractivity contribution in [3.05, 3.63) is 29.6 Å². The Bertz CT molecular complexity index is 506. The standard InChI is InChI=1S/C12H15N3O2S/c1-18(17)9-8-15-12(16)11-10(4-2-6-13)5-3-7-14-11/h3,5,7H,6,8-9,13H2,1H3,(H,15,16). The van der Waals surface area contributed by atoms with E-state index in [4.69, 9.17) is 5.73 Å². The first-order chi connectivity index (χ1) is 8.65. The average Bonchev–Trinajstić information content (AvgIpc) is 2.36. The molecule has 1 heterocycles. The highest BCUT2D eigenvalue weighted by Crippen LogP contribution is 2.03. The van der Waals surface area contributed by atoms with Gasteiger partial charge in [-0.2, -0.15) is 0 Å². The lowest BCUT2D eigenvalue weighted by molar-refractivity contribution is 0.0951. The summed E-state index contributed by atoms with van der Waals surface area (Å²) in [6.45, 7) is 0.576. The molecule has 1 aromatic heterocycles. The first-order valence-corrected chi connectivity index (χ1v) is 7.10. The topological polar surface area (TPSA) is 85.1 Å². The number of amides is 1. The van der Waals surface area contributed by atoms with Crippen molar-refractivity contribution >= 4 is 16.7 Å². The van der Waals surface area contributed by atoms with Crippen LogP contribution in [0.1, 0.15) is 16.1 Å². The monoisotopic (exact) mass is 265 g/mol. The van der Waals surface area contributed by atoms with Crippen LogP contribution in [0.25, 0.3) is 0 Å². The first kappa shape index (κ1) is 14.4. The number of aromatic nitrogens is 1. The lowest BCUT2D eigenvalue weighted by Crippen LogP contribution is -2.28. The maximum absolute atomic E-state index is 11.8. The van der Waals surface area contributed by atoms with E-state index in [2.05, 4.69) is 22.1 Å². The fourth-order valence-electron chi connectivity index (χ4n) is 1.23. The lowest BCUT2D eigenvalue weighted by Gasteiger charge is -2.04. The van der Waals surface area contributed by atoms with E-state index in [-0.39, 0.29) is 18.1 Å². The van der Waals surface area contributed by atoms with Crippen LogP contribution in [-0.4, -0.2) is 40.2 Å². The van der Waals surface area contributed by atoms with Crippen LogP contribution in [0.15, 0.2) is 18.3 Å².